The average Bonchev–Trinajstić information content (AvgIpc) is 2.75. The topological polar surface area (TPSA) is 59.2 Å². The van der Waals surface area contributed by atoms with Crippen LogP contribution in [0.25, 0.3) is 10.9 Å². The smallest absolute Gasteiger partial charge is 0.267 e. The van der Waals surface area contributed by atoms with Crippen molar-refractivity contribution in [3.63, 3.8) is 0 Å². The number of hydrogen-bond donors (Lipinski definition) is 1. The van der Waals surface area contributed by atoms with Crippen LogP contribution < -0.4 is 5.73 Å². The molecular weight excluding hydrogens is 358 g/mol. The first-order valence-electron chi connectivity index (χ1n) is 10.6. The average molecular weight is 388 g/mol. The zero-order chi connectivity index (χ0) is 20.2. The number of benzene rings is 2. The van der Waals surface area contributed by atoms with Crippen LogP contribution in [0.1, 0.15) is 58.8 Å². The van der Waals surface area contributed by atoms with E-state index in [2.05, 4.69) is 47.1 Å². The molecule has 4 heteroatoms. The molecule has 2 heterocycles. The first-order chi connectivity index (χ1) is 14.1. The fourth-order valence-electron chi connectivity index (χ4n) is 4.39. The van der Waals surface area contributed by atoms with Crippen molar-refractivity contribution < 1.29 is 4.79 Å². The maximum atomic E-state index is 12.3. The fourth-order valence-corrected chi connectivity index (χ4v) is 4.39. The Balaban J connectivity index is 1.75. The highest BCUT2D eigenvalue weighted by atomic mass is 16.1. The van der Waals surface area contributed by atoms with Crippen LogP contribution in [-0.2, 0) is 0 Å². The fraction of sp³-hybridized carbons (Fsp3) is 0.360. The van der Waals surface area contributed by atoms with Crippen LogP contribution in [0.3, 0.4) is 0 Å². The summed E-state index contributed by atoms with van der Waals surface area (Å²) in [5.41, 5.74) is 10.4. The number of aromatic nitrogens is 1. The lowest BCUT2D eigenvalue weighted by Crippen LogP contribution is -2.31. The molecule has 2 aromatic carbocycles. The van der Waals surface area contributed by atoms with E-state index in [1.54, 1.807) is 0 Å². The summed E-state index contributed by atoms with van der Waals surface area (Å²) in [6, 6.07) is 18.7. The second-order valence-electron chi connectivity index (χ2n) is 8.14. The molecule has 29 heavy (non-hydrogen) atoms. The third kappa shape index (κ3) is 4.48. The number of carbonyl (C=O) groups is 1. The highest BCUT2D eigenvalue weighted by Crippen LogP contribution is 2.33. The Bertz CT molecular complexity index is 991. The van der Waals surface area contributed by atoms with Crippen LogP contribution in [0.5, 0.6) is 0 Å². The van der Waals surface area contributed by atoms with Crippen LogP contribution in [0.4, 0.5) is 0 Å². The molecule has 1 atom stereocenters. The van der Waals surface area contributed by atoms with Crippen LogP contribution in [-0.4, -0.2) is 35.4 Å². The van der Waals surface area contributed by atoms with Gasteiger partial charge in [-0.25, -0.2) is 4.98 Å². The van der Waals surface area contributed by atoms with Gasteiger partial charge in [0.1, 0.15) is 5.69 Å². The van der Waals surface area contributed by atoms with E-state index in [1.165, 1.54) is 43.5 Å². The molecule has 1 amide bonds. The Kier molecular flexibility index (Phi) is 5.91. The summed E-state index contributed by atoms with van der Waals surface area (Å²) >= 11 is 0. The van der Waals surface area contributed by atoms with Gasteiger partial charge in [0.25, 0.3) is 5.91 Å². The van der Waals surface area contributed by atoms with E-state index >= 15 is 0 Å². The number of pyridine rings is 1. The largest absolute Gasteiger partial charge is 0.364 e. The Morgan fingerprint density at radius 3 is 2.52 bits per heavy atom. The molecule has 0 saturated carbocycles. The molecule has 1 unspecified atom stereocenters. The molecule has 0 bridgehead atoms. The van der Waals surface area contributed by atoms with Crippen LogP contribution >= 0.6 is 0 Å². The van der Waals surface area contributed by atoms with Crippen molar-refractivity contribution in [2.24, 2.45) is 5.73 Å². The summed E-state index contributed by atoms with van der Waals surface area (Å²) in [6.45, 7) is 5.45. The van der Waals surface area contributed by atoms with Gasteiger partial charge in [0.05, 0.1) is 5.52 Å². The van der Waals surface area contributed by atoms with Crippen molar-refractivity contribution >= 4 is 16.8 Å². The SMILES string of the molecule is Cc1ccc(C(CCN2CCCCC2)c2cc3ccccc3nc2C(N)=O)cc1. The van der Waals surface area contributed by atoms with E-state index in [0.29, 0.717) is 5.69 Å². The minimum atomic E-state index is -0.458. The van der Waals surface area contributed by atoms with Gasteiger partial charge in [-0.2, -0.15) is 0 Å². The number of likely N-dealkylation sites (tertiary alicyclic amines) is 1. The lowest BCUT2D eigenvalue weighted by atomic mass is 9.86. The van der Waals surface area contributed by atoms with Crippen molar-refractivity contribution in [3.8, 4) is 0 Å². The van der Waals surface area contributed by atoms with Gasteiger partial charge in [-0.3, -0.25) is 4.79 Å². The third-order valence-corrected chi connectivity index (χ3v) is 6.02. The quantitative estimate of drug-likeness (QED) is 0.670. The number of amides is 1. The number of nitrogens with zero attached hydrogens (tertiary/aromatic N) is 2. The summed E-state index contributed by atoms with van der Waals surface area (Å²) < 4.78 is 0. The van der Waals surface area contributed by atoms with Gasteiger partial charge in [0.2, 0.25) is 0 Å². The Morgan fingerprint density at radius 1 is 1.07 bits per heavy atom. The number of primary amides is 1. The van der Waals surface area contributed by atoms with E-state index in [4.69, 9.17) is 5.73 Å². The molecule has 150 valence electrons. The predicted octanol–water partition coefficient (Wildman–Crippen LogP) is 4.65. The number of piperidine rings is 1. The van der Waals surface area contributed by atoms with Gasteiger partial charge in [-0.15, -0.1) is 0 Å². The van der Waals surface area contributed by atoms with Crippen LogP contribution in [0.2, 0.25) is 0 Å². The second-order valence-corrected chi connectivity index (χ2v) is 8.14. The number of hydrogen-bond acceptors (Lipinski definition) is 3. The van der Waals surface area contributed by atoms with E-state index in [1.807, 2.05) is 24.3 Å². The molecule has 3 aromatic rings. The molecule has 1 saturated heterocycles. The van der Waals surface area contributed by atoms with Crippen LogP contribution in [0.15, 0.2) is 54.6 Å². The Labute approximate surface area is 172 Å². The normalized spacial score (nSPS) is 16.0. The van der Waals surface area contributed by atoms with Gasteiger partial charge >= 0.3 is 0 Å². The van der Waals surface area contributed by atoms with Gasteiger partial charge in [-0.1, -0.05) is 54.4 Å². The second kappa shape index (κ2) is 8.75. The number of aryl methyl sites for hydroxylation is 1. The van der Waals surface area contributed by atoms with Crippen molar-refractivity contribution in [1.82, 2.24) is 9.88 Å². The van der Waals surface area contributed by atoms with Crippen LogP contribution in [0, 0.1) is 6.92 Å². The monoisotopic (exact) mass is 387 g/mol. The van der Waals surface area contributed by atoms with Crippen molar-refractivity contribution in [3.05, 3.63) is 77.0 Å². The lowest BCUT2D eigenvalue weighted by molar-refractivity contribution is 0.0994. The highest BCUT2D eigenvalue weighted by molar-refractivity contribution is 5.95. The minimum Gasteiger partial charge on any atom is -0.364 e. The maximum absolute atomic E-state index is 12.3. The molecule has 4 rings (SSSR count). The number of rotatable bonds is 6. The zero-order valence-corrected chi connectivity index (χ0v) is 17.1. The zero-order valence-electron chi connectivity index (χ0n) is 17.1. The van der Waals surface area contributed by atoms with Crippen molar-refractivity contribution in [2.45, 2.75) is 38.5 Å². The summed E-state index contributed by atoms with van der Waals surface area (Å²) in [5.74, 6) is -0.363. The number of fused-ring (bicyclic) bond motifs is 1. The van der Waals surface area contributed by atoms with E-state index in [9.17, 15) is 4.79 Å². The van der Waals surface area contributed by atoms with E-state index in [0.717, 1.165) is 29.4 Å². The molecule has 0 radical (unpaired) electrons. The molecule has 1 aromatic heterocycles. The number of nitrogens with two attached hydrogens (primary N) is 1. The van der Waals surface area contributed by atoms with Gasteiger partial charge in [-0.05, 0) is 69.1 Å². The first-order valence-corrected chi connectivity index (χ1v) is 10.6. The summed E-state index contributed by atoms with van der Waals surface area (Å²) in [4.78, 5) is 19.5. The molecular formula is C25H29N3O. The first kappa shape index (κ1) is 19.6. The molecule has 1 aliphatic rings. The van der Waals surface area contributed by atoms with Crippen molar-refractivity contribution in [2.75, 3.05) is 19.6 Å². The molecule has 1 fully saturated rings. The lowest BCUT2D eigenvalue weighted by Gasteiger charge is -2.29. The summed E-state index contributed by atoms with van der Waals surface area (Å²) in [5, 5.41) is 1.04. The minimum absolute atomic E-state index is 0.0946. The number of para-hydroxylation sites is 1. The maximum Gasteiger partial charge on any atom is 0.267 e. The van der Waals surface area contributed by atoms with E-state index in [-0.39, 0.29) is 5.92 Å². The molecule has 2 N–H and O–H groups in total. The van der Waals surface area contributed by atoms with Crippen molar-refractivity contribution in [1.29, 1.82) is 0 Å². The molecule has 0 spiro atoms. The van der Waals surface area contributed by atoms with Gasteiger partial charge in [0.15, 0.2) is 0 Å². The summed E-state index contributed by atoms with van der Waals surface area (Å²) in [6.07, 6.45) is 4.83. The molecule has 1 aliphatic heterocycles. The molecule has 0 aliphatic carbocycles. The molecule has 4 nitrogen and oxygen atoms in total. The number of carbonyl (C=O) groups excluding carboxylic acids is 1. The Morgan fingerprint density at radius 2 is 1.79 bits per heavy atom. The highest BCUT2D eigenvalue weighted by Gasteiger charge is 2.23. The third-order valence-electron chi connectivity index (χ3n) is 6.02. The van der Waals surface area contributed by atoms with Gasteiger partial charge in [0, 0.05) is 11.3 Å². The Hall–Kier alpha value is -2.72. The summed E-state index contributed by atoms with van der Waals surface area (Å²) in [7, 11) is 0. The van der Waals surface area contributed by atoms with Gasteiger partial charge < -0.3 is 10.6 Å². The van der Waals surface area contributed by atoms with E-state index < -0.39 is 5.91 Å². The predicted molar refractivity (Wildman–Crippen MR) is 118 cm³/mol. The standard InChI is InChI=1S/C25H29N3O/c1-18-9-11-19(12-10-18)21(13-16-28-14-5-2-6-15-28)22-17-20-7-3-4-8-23(20)27-24(22)25(26)29/h3-4,7-12,17,21H,2,5-6,13-16H2,1H3,(H2,26,29).